The minimum Gasteiger partial charge on any atom is -0.496 e. The van der Waals surface area contributed by atoms with E-state index < -0.39 is 11.9 Å². The second-order valence-corrected chi connectivity index (χ2v) is 6.35. The number of carbonyl (C=O) groups is 2. The van der Waals surface area contributed by atoms with Gasteiger partial charge in [-0.2, -0.15) is 0 Å². The van der Waals surface area contributed by atoms with E-state index in [4.69, 9.17) is 4.74 Å². The Hall–Kier alpha value is -2.08. The molecule has 3 rings (SSSR count). The topological polar surface area (TPSA) is 70.7 Å². The highest BCUT2D eigenvalue weighted by Gasteiger charge is 2.38. The smallest absolute Gasteiger partial charge is 0.321 e. The van der Waals surface area contributed by atoms with Crippen molar-refractivity contribution in [3.63, 3.8) is 0 Å². The average Bonchev–Trinajstić information content (AvgIpc) is 2.75. The molecule has 0 aromatic heterocycles. The third-order valence-corrected chi connectivity index (χ3v) is 5.01. The number of nitrogens with one attached hydrogen (secondary N) is 2. The van der Waals surface area contributed by atoms with Crippen LogP contribution in [0.5, 0.6) is 5.75 Å². The Morgan fingerprint density at radius 1 is 1.17 bits per heavy atom. The predicted molar refractivity (Wildman–Crippen MR) is 86.6 cm³/mol. The van der Waals surface area contributed by atoms with Gasteiger partial charge in [0.05, 0.1) is 12.7 Å². The van der Waals surface area contributed by atoms with Gasteiger partial charge in [-0.25, -0.2) is 4.79 Å². The maximum atomic E-state index is 12.2. The minimum absolute atomic E-state index is 0.133. The summed E-state index contributed by atoms with van der Waals surface area (Å²) >= 11 is 0. The Labute approximate surface area is 136 Å². The lowest BCUT2D eigenvalue weighted by Crippen LogP contribution is -2.51. The largest absolute Gasteiger partial charge is 0.496 e. The number of benzene rings is 1. The number of hydrogen-bond acceptors (Lipinski definition) is 4. The van der Waals surface area contributed by atoms with Gasteiger partial charge in [0.1, 0.15) is 5.75 Å². The summed E-state index contributed by atoms with van der Waals surface area (Å²) in [5.41, 5.74) is 0.355. The van der Waals surface area contributed by atoms with Crippen LogP contribution in [0.15, 0.2) is 24.3 Å². The minimum atomic E-state index is -0.448. The number of urea groups is 1. The number of nitrogens with zero attached hydrogens (tertiary/aromatic N) is 1. The number of hydrogen-bond donors (Lipinski definition) is 2. The van der Waals surface area contributed by atoms with E-state index >= 15 is 0 Å². The highest BCUT2D eigenvalue weighted by Crippen LogP contribution is 2.34. The number of para-hydroxylation sites is 1. The summed E-state index contributed by atoms with van der Waals surface area (Å²) in [6, 6.07) is 7.64. The lowest BCUT2D eigenvalue weighted by Gasteiger charge is -2.36. The molecule has 2 aliphatic heterocycles. The van der Waals surface area contributed by atoms with Crippen molar-refractivity contribution < 1.29 is 14.3 Å². The molecule has 0 saturated carbocycles. The molecule has 2 N–H and O–H groups in total. The number of methoxy groups -OCH3 is 1. The van der Waals surface area contributed by atoms with Crippen molar-refractivity contribution >= 4 is 11.9 Å². The van der Waals surface area contributed by atoms with Gasteiger partial charge >= 0.3 is 6.03 Å². The Morgan fingerprint density at radius 3 is 2.48 bits per heavy atom. The van der Waals surface area contributed by atoms with Crippen molar-refractivity contribution in [3.05, 3.63) is 29.8 Å². The van der Waals surface area contributed by atoms with Crippen LogP contribution in [0.25, 0.3) is 0 Å². The highest BCUT2D eigenvalue weighted by molar-refractivity contribution is 6.05. The zero-order valence-corrected chi connectivity index (χ0v) is 13.5. The molecule has 2 heterocycles. The number of fused-ring (bicyclic) bond motifs is 2. The first-order chi connectivity index (χ1) is 11.1. The number of imide groups is 1. The number of piperidine rings is 1. The van der Waals surface area contributed by atoms with Crippen molar-refractivity contribution in [3.8, 4) is 5.75 Å². The summed E-state index contributed by atoms with van der Waals surface area (Å²) in [4.78, 5) is 26.7. The quantitative estimate of drug-likeness (QED) is 0.891. The van der Waals surface area contributed by atoms with Crippen LogP contribution in [0.4, 0.5) is 4.79 Å². The maximum absolute atomic E-state index is 12.2. The molecule has 3 amide bonds. The Bertz CT molecular complexity index is 591. The molecule has 2 saturated heterocycles. The van der Waals surface area contributed by atoms with Crippen LogP contribution in [-0.2, 0) is 0 Å². The SMILES string of the molecule is COc1ccccc1C(=O)NC(=O)NC1C[C@H]2CC[C@@H](C1)N2C. The molecule has 124 valence electrons. The van der Waals surface area contributed by atoms with Crippen molar-refractivity contribution in [1.82, 2.24) is 15.5 Å². The monoisotopic (exact) mass is 317 g/mol. The fraction of sp³-hybridized carbons (Fsp3) is 0.529. The average molecular weight is 317 g/mol. The van der Waals surface area contributed by atoms with E-state index in [0.717, 1.165) is 12.8 Å². The van der Waals surface area contributed by atoms with Crippen LogP contribution in [0.2, 0.25) is 0 Å². The van der Waals surface area contributed by atoms with Crippen LogP contribution in [0.3, 0.4) is 0 Å². The lowest BCUT2D eigenvalue weighted by molar-refractivity contribution is 0.0957. The molecule has 0 aliphatic carbocycles. The third kappa shape index (κ3) is 3.32. The molecule has 2 bridgehead atoms. The van der Waals surface area contributed by atoms with Gasteiger partial charge in [-0.05, 0) is 44.9 Å². The summed E-state index contributed by atoms with van der Waals surface area (Å²) in [6.07, 6.45) is 4.29. The van der Waals surface area contributed by atoms with Crippen LogP contribution in [0.1, 0.15) is 36.0 Å². The first-order valence-electron chi connectivity index (χ1n) is 8.05. The van der Waals surface area contributed by atoms with E-state index in [1.54, 1.807) is 24.3 Å². The van der Waals surface area contributed by atoms with Gasteiger partial charge in [0.2, 0.25) is 0 Å². The summed E-state index contributed by atoms with van der Waals surface area (Å²) in [5.74, 6) is 0.00554. The van der Waals surface area contributed by atoms with E-state index in [1.165, 1.54) is 20.0 Å². The van der Waals surface area contributed by atoms with Crippen molar-refractivity contribution in [2.45, 2.75) is 43.8 Å². The molecule has 6 nitrogen and oxygen atoms in total. The standard InChI is InChI=1S/C17H23N3O3/c1-20-12-7-8-13(20)10-11(9-12)18-17(22)19-16(21)14-5-3-4-6-15(14)23-2/h3-6,11-13H,7-10H2,1-2H3,(H2,18,19,21,22)/t11?,12-,13+. The van der Waals surface area contributed by atoms with Gasteiger partial charge in [0, 0.05) is 18.1 Å². The second-order valence-electron chi connectivity index (χ2n) is 6.35. The zero-order valence-electron chi connectivity index (χ0n) is 13.5. The third-order valence-electron chi connectivity index (χ3n) is 5.01. The molecule has 6 heteroatoms. The second kappa shape index (κ2) is 6.58. The number of rotatable bonds is 3. The highest BCUT2D eigenvalue weighted by atomic mass is 16.5. The van der Waals surface area contributed by atoms with Crippen molar-refractivity contribution in [1.29, 1.82) is 0 Å². The molecule has 0 radical (unpaired) electrons. The summed E-state index contributed by atoms with van der Waals surface area (Å²) < 4.78 is 5.15. The fourth-order valence-electron chi connectivity index (χ4n) is 3.75. The van der Waals surface area contributed by atoms with E-state index in [-0.39, 0.29) is 6.04 Å². The summed E-state index contributed by atoms with van der Waals surface area (Å²) in [6.45, 7) is 0. The zero-order chi connectivity index (χ0) is 16.4. The number of ether oxygens (including phenoxy) is 1. The molecule has 2 aliphatic rings. The summed E-state index contributed by atoms with van der Waals surface area (Å²) in [5, 5.41) is 5.34. The van der Waals surface area contributed by atoms with Gasteiger partial charge in [0.25, 0.3) is 5.91 Å². The van der Waals surface area contributed by atoms with E-state index in [2.05, 4.69) is 22.6 Å². The van der Waals surface area contributed by atoms with E-state index in [1.807, 2.05) is 0 Å². The van der Waals surface area contributed by atoms with Gasteiger partial charge in [-0.15, -0.1) is 0 Å². The fourth-order valence-corrected chi connectivity index (χ4v) is 3.75. The van der Waals surface area contributed by atoms with Crippen LogP contribution in [0, 0.1) is 0 Å². The molecule has 0 spiro atoms. The van der Waals surface area contributed by atoms with Gasteiger partial charge < -0.3 is 15.0 Å². The van der Waals surface area contributed by atoms with Gasteiger partial charge in [-0.3, -0.25) is 10.1 Å². The number of carbonyl (C=O) groups excluding carboxylic acids is 2. The molecule has 1 unspecified atom stereocenters. The maximum Gasteiger partial charge on any atom is 0.321 e. The lowest BCUT2D eigenvalue weighted by atomic mass is 9.98. The van der Waals surface area contributed by atoms with E-state index in [9.17, 15) is 9.59 Å². The summed E-state index contributed by atoms with van der Waals surface area (Å²) in [7, 11) is 3.66. The number of amides is 3. The molecule has 3 atom stereocenters. The Balaban J connectivity index is 1.56. The molecular formula is C17H23N3O3. The van der Waals surface area contributed by atoms with E-state index in [0.29, 0.717) is 23.4 Å². The van der Waals surface area contributed by atoms with Crippen LogP contribution >= 0.6 is 0 Å². The first-order valence-corrected chi connectivity index (χ1v) is 8.05. The molecule has 1 aromatic rings. The molecule has 23 heavy (non-hydrogen) atoms. The Morgan fingerprint density at radius 2 is 1.83 bits per heavy atom. The van der Waals surface area contributed by atoms with Gasteiger partial charge in [0.15, 0.2) is 0 Å². The predicted octanol–water partition coefficient (Wildman–Crippen LogP) is 1.76. The van der Waals surface area contributed by atoms with Crippen molar-refractivity contribution in [2.24, 2.45) is 0 Å². The Kier molecular flexibility index (Phi) is 4.52. The first kappa shape index (κ1) is 15.8. The normalized spacial score (nSPS) is 26.6. The van der Waals surface area contributed by atoms with Crippen molar-refractivity contribution in [2.75, 3.05) is 14.2 Å². The molecule has 1 aromatic carbocycles. The van der Waals surface area contributed by atoms with Crippen LogP contribution in [-0.4, -0.2) is 49.1 Å². The molecular weight excluding hydrogens is 294 g/mol. The van der Waals surface area contributed by atoms with Crippen LogP contribution < -0.4 is 15.4 Å². The molecule has 2 fully saturated rings. The van der Waals surface area contributed by atoms with Gasteiger partial charge in [-0.1, -0.05) is 12.1 Å².